The average molecular weight is 231 g/mol. The number of aromatic nitrogens is 2. The lowest BCUT2D eigenvalue weighted by Gasteiger charge is -2.22. The lowest BCUT2D eigenvalue weighted by atomic mass is 9.98. The molecular formula is C13H17N3O. The summed E-state index contributed by atoms with van der Waals surface area (Å²) in [5.41, 5.74) is 7.24. The highest BCUT2D eigenvalue weighted by molar-refractivity contribution is 5.51. The van der Waals surface area contributed by atoms with Crippen molar-refractivity contribution in [2.75, 3.05) is 7.11 Å². The number of nitrogens with zero attached hydrogens (tertiary/aromatic N) is 2. The molecule has 0 radical (unpaired) electrons. The molecule has 90 valence electrons. The van der Waals surface area contributed by atoms with Crippen LogP contribution < -0.4 is 10.5 Å². The number of imidazole rings is 1. The van der Waals surface area contributed by atoms with E-state index in [1.54, 1.807) is 7.11 Å². The van der Waals surface area contributed by atoms with Crippen molar-refractivity contribution in [3.63, 3.8) is 0 Å². The molecule has 0 unspecified atom stereocenters. The summed E-state index contributed by atoms with van der Waals surface area (Å²) in [6.07, 6.45) is 8.30. The van der Waals surface area contributed by atoms with E-state index in [-0.39, 0.29) is 5.54 Å². The van der Waals surface area contributed by atoms with Crippen molar-refractivity contribution in [1.29, 1.82) is 0 Å². The van der Waals surface area contributed by atoms with Crippen LogP contribution in [0.1, 0.15) is 31.5 Å². The number of hydrogen-bond acceptors (Lipinski definition) is 3. The minimum Gasteiger partial charge on any atom is -0.497 e. The summed E-state index contributed by atoms with van der Waals surface area (Å²) in [5, 5.41) is 0. The zero-order valence-corrected chi connectivity index (χ0v) is 10.0. The van der Waals surface area contributed by atoms with Crippen LogP contribution in [0.25, 0.3) is 5.52 Å². The first-order chi connectivity index (χ1) is 8.23. The summed E-state index contributed by atoms with van der Waals surface area (Å²) in [4.78, 5) is 4.51. The fourth-order valence-electron chi connectivity index (χ4n) is 2.70. The van der Waals surface area contributed by atoms with Crippen molar-refractivity contribution < 1.29 is 4.74 Å². The van der Waals surface area contributed by atoms with E-state index in [1.165, 1.54) is 12.8 Å². The van der Waals surface area contributed by atoms with E-state index in [2.05, 4.69) is 9.38 Å². The Morgan fingerprint density at radius 1 is 1.41 bits per heavy atom. The maximum absolute atomic E-state index is 6.45. The highest BCUT2D eigenvalue weighted by atomic mass is 16.5. The molecule has 0 spiro atoms. The van der Waals surface area contributed by atoms with Crippen molar-refractivity contribution in [2.45, 2.75) is 31.2 Å². The second-order valence-corrected chi connectivity index (χ2v) is 4.81. The van der Waals surface area contributed by atoms with Crippen LogP contribution in [-0.4, -0.2) is 16.5 Å². The molecule has 0 atom stereocenters. The van der Waals surface area contributed by atoms with Gasteiger partial charge in [0.05, 0.1) is 24.4 Å². The smallest absolute Gasteiger partial charge is 0.133 e. The summed E-state index contributed by atoms with van der Waals surface area (Å²) in [7, 11) is 1.67. The second kappa shape index (κ2) is 3.74. The van der Waals surface area contributed by atoms with Crippen LogP contribution in [0.3, 0.4) is 0 Å². The molecule has 2 aromatic rings. The van der Waals surface area contributed by atoms with Crippen molar-refractivity contribution in [2.24, 2.45) is 5.73 Å². The van der Waals surface area contributed by atoms with Gasteiger partial charge in [-0.05, 0) is 18.9 Å². The third-order valence-electron chi connectivity index (χ3n) is 3.68. The van der Waals surface area contributed by atoms with Gasteiger partial charge in [-0.3, -0.25) is 0 Å². The summed E-state index contributed by atoms with van der Waals surface area (Å²) in [6.45, 7) is 0. The molecule has 1 fully saturated rings. The van der Waals surface area contributed by atoms with E-state index >= 15 is 0 Å². The maximum atomic E-state index is 6.45. The number of hydrogen-bond donors (Lipinski definition) is 1. The van der Waals surface area contributed by atoms with Gasteiger partial charge < -0.3 is 14.9 Å². The van der Waals surface area contributed by atoms with Gasteiger partial charge in [0.2, 0.25) is 0 Å². The summed E-state index contributed by atoms with van der Waals surface area (Å²) >= 11 is 0. The van der Waals surface area contributed by atoms with Crippen molar-refractivity contribution >= 4 is 5.52 Å². The monoisotopic (exact) mass is 231 g/mol. The molecule has 0 amide bonds. The molecule has 0 aromatic carbocycles. The number of ether oxygens (including phenoxy) is 1. The van der Waals surface area contributed by atoms with E-state index in [0.29, 0.717) is 0 Å². The van der Waals surface area contributed by atoms with Gasteiger partial charge in [0.1, 0.15) is 11.6 Å². The molecule has 0 bridgehead atoms. The van der Waals surface area contributed by atoms with Gasteiger partial charge in [0, 0.05) is 12.3 Å². The first-order valence-electron chi connectivity index (χ1n) is 6.03. The van der Waals surface area contributed by atoms with Gasteiger partial charge in [-0.2, -0.15) is 0 Å². The summed E-state index contributed by atoms with van der Waals surface area (Å²) in [6, 6.07) is 3.92. The van der Waals surface area contributed by atoms with Crippen LogP contribution >= 0.6 is 0 Å². The van der Waals surface area contributed by atoms with Gasteiger partial charge in [-0.15, -0.1) is 0 Å². The highest BCUT2D eigenvalue weighted by Crippen LogP contribution is 2.35. The van der Waals surface area contributed by atoms with Gasteiger partial charge in [0.25, 0.3) is 0 Å². The molecular weight excluding hydrogens is 214 g/mol. The van der Waals surface area contributed by atoms with Crippen molar-refractivity contribution in [3.8, 4) is 5.75 Å². The number of rotatable bonds is 2. The second-order valence-electron chi connectivity index (χ2n) is 4.81. The molecule has 1 aliphatic rings. The Bertz CT molecular complexity index is 541. The van der Waals surface area contributed by atoms with Crippen LogP contribution in [0.2, 0.25) is 0 Å². The van der Waals surface area contributed by atoms with E-state index in [9.17, 15) is 0 Å². The topological polar surface area (TPSA) is 52.5 Å². The lowest BCUT2D eigenvalue weighted by Crippen LogP contribution is -2.35. The Hall–Kier alpha value is -1.55. The Morgan fingerprint density at radius 2 is 2.18 bits per heavy atom. The number of pyridine rings is 1. The lowest BCUT2D eigenvalue weighted by molar-refractivity contribution is 0.413. The van der Waals surface area contributed by atoms with Gasteiger partial charge in [0.15, 0.2) is 0 Å². The van der Waals surface area contributed by atoms with E-state index in [0.717, 1.165) is 29.9 Å². The number of methoxy groups -OCH3 is 1. The standard InChI is InChI=1S/C13H17N3O/c1-17-11-4-7-16-10(8-11)9-15-12(16)13(14)5-2-3-6-13/h4,7-9H,2-3,5-6,14H2,1H3. The van der Waals surface area contributed by atoms with Gasteiger partial charge >= 0.3 is 0 Å². The first-order valence-corrected chi connectivity index (χ1v) is 6.03. The predicted molar refractivity (Wildman–Crippen MR) is 66.1 cm³/mol. The van der Waals surface area contributed by atoms with Crippen LogP contribution in [0.5, 0.6) is 5.75 Å². The zero-order chi connectivity index (χ0) is 11.9. The summed E-state index contributed by atoms with van der Waals surface area (Å²) in [5.74, 6) is 1.83. The van der Waals surface area contributed by atoms with Gasteiger partial charge in [-0.1, -0.05) is 12.8 Å². The molecule has 2 N–H and O–H groups in total. The fraction of sp³-hybridized carbons (Fsp3) is 0.462. The molecule has 4 heteroatoms. The Balaban J connectivity index is 2.12. The van der Waals surface area contributed by atoms with Gasteiger partial charge in [-0.25, -0.2) is 4.98 Å². The Kier molecular flexibility index (Phi) is 2.33. The Labute approximate surface area is 100 Å². The minimum absolute atomic E-state index is 0.249. The third kappa shape index (κ3) is 1.60. The normalized spacial score (nSPS) is 18.7. The molecule has 2 heterocycles. The number of fused-ring (bicyclic) bond motifs is 1. The SMILES string of the molecule is COc1ccn2c(C3(N)CCCC3)ncc2c1. The third-order valence-corrected chi connectivity index (χ3v) is 3.68. The predicted octanol–water partition coefficient (Wildman–Crippen LogP) is 2.07. The minimum atomic E-state index is -0.249. The van der Waals surface area contributed by atoms with E-state index in [1.807, 2.05) is 24.5 Å². The van der Waals surface area contributed by atoms with Crippen LogP contribution in [0, 0.1) is 0 Å². The summed E-state index contributed by atoms with van der Waals surface area (Å²) < 4.78 is 7.29. The molecule has 3 rings (SSSR count). The number of nitrogens with two attached hydrogens (primary N) is 1. The molecule has 2 aromatic heterocycles. The fourth-order valence-corrected chi connectivity index (χ4v) is 2.70. The Morgan fingerprint density at radius 3 is 2.88 bits per heavy atom. The zero-order valence-electron chi connectivity index (χ0n) is 10.0. The van der Waals surface area contributed by atoms with Crippen molar-refractivity contribution in [3.05, 3.63) is 30.4 Å². The first kappa shape index (κ1) is 10.6. The van der Waals surface area contributed by atoms with Crippen LogP contribution in [0.15, 0.2) is 24.5 Å². The average Bonchev–Trinajstić information content (AvgIpc) is 2.95. The van der Waals surface area contributed by atoms with E-state index < -0.39 is 0 Å². The largest absolute Gasteiger partial charge is 0.497 e. The van der Waals surface area contributed by atoms with Crippen LogP contribution in [-0.2, 0) is 5.54 Å². The molecule has 1 saturated carbocycles. The van der Waals surface area contributed by atoms with Crippen molar-refractivity contribution in [1.82, 2.24) is 9.38 Å². The highest BCUT2D eigenvalue weighted by Gasteiger charge is 2.34. The van der Waals surface area contributed by atoms with Crippen LogP contribution in [0.4, 0.5) is 0 Å². The molecule has 17 heavy (non-hydrogen) atoms. The molecule has 4 nitrogen and oxygen atoms in total. The molecule has 0 aliphatic heterocycles. The van der Waals surface area contributed by atoms with E-state index in [4.69, 9.17) is 10.5 Å². The maximum Gasteiger partial charge on any atom is 0.133 e. The quantitative estimate of drug-likeness (QED) is 0.860. The molecule has 1 aliphatic carbocycles. The molecule has 0 saturated heterocycles.